The molecule has 0 radical (unpaired) electrons. The minimum atomic E-state index is -5.08. The molecular weight excluding hydrogens is 600 g/mol. The summed E-state index contributed by atoms with van der Waals surface area (Å²) in [5, 5.41) is 7.86. The number of aromatic nitrogens is 2. The van der Waals surface area contributed by atoms with E-state index in [4.69, 9.17) is 9.90 Å². The molecule has 1 fully saturated rings. The number of carboxylic acids is 1. The second kappa shape index (κ2) is 13.0. The van der Waals surface area contributed by atoms with E-state index in [-0.39, 0.29) is 17.5 Å². The number of nitrogens with one attached hydrogen (secondary N) is 1. The van der Waals surface area contributed by atoms with E-state index >= 15 is 0 Å². The lowest BCUT2D eigenvalue weighted by Crippen LogP contribution is -2.43. The molecule has 0 atom stereocenters. The highest BCUT2D eigenvalue weighted by Gasteiger charge is 2.39. The van der Waals surface area contributed by atoms with Gasteiger partial charge in [-0.2, -0.15) is 34.8 Å². The molecule has 9 nitrogen and oxygen atoms in total. The Kier molecular flexibility index (Phi) is 10.2. The van der Waals surface area contributed by atoms with Crippen LogP contribution in [-0.2, 0) is 27.5 Å². The second-order valence-electron chi connectivity index (χ2n) is 8.92. The third-order valence-electron chi connectivity index (χ3n) is 6.09. The predicted octanol–water partition coefficient (Wildman–Crippen LogP) is 5.09. The van der Waals surface area contributed by atoms with Crippen LogP contribution in [0.2, 0.25) is 0 Å². The standard InChI is InChI=1S/C22H24F3N5O2S2.C2HF3O2/c1-29(17-7-9-30(10-8-17)13-16-5-3-2-4-6-16)19-12-26-21(11-18(19)22(23,24)25)34(31,32)28-20-14-33-15-27-20;3-2(4,5)1(6)7/h2-6,11-12,14-15,17,28H,7-10,13H2,1H3;(H,6,7). The summed E-state index contributed by atoms with van der Waals surface area (Å²) < 4.78 is 101. The van der Waals surface area contributed by atoms with Gasteiger partial charge >= 0.3 is 18.3 Å². The number of thiazole rings is 1. The smallest absolute Gasteiger partial charge is 0.475 e. The lowest BCUT2D eigenvalue weighted by Gasteiger charge is -2.38. The van der Waals surface area contributed by atoms with Crippen LogP contribution < -0.4 is 9.62 Å². The lowest BCUT2D eigenvalue weighted by molar-refractivity contribution is -0.192. The molecule has 2 N–H and O–H groups in total. The van der Waals surface area contributed by atoms with E-state index in [0.29, 0.717) is 18.9 Å². The van der Waals surface area contributed by atoms with Crippen molar-refractivity contribution in [2.24, 2.45) is 0 Å². The van der Waals surface area contributed by atoms with Crippen LogP contribution >= 0.6 is 11.3 Å². The fraction of sp³-hybridized carbons (Fsp3) is 0.375. The van der Waals surface area contributed by atoms with Gasteiger partial charge in [0.2, 0.25) is 0 Å². The van der Waals surface area contributed by atoms with E-state index in [9.17, 15) is 34.8 Å². The van der Waals surface area contributed by atoms with Gasteiger partial charge in [0, 0.05) is 38.1 Å². The average molecular weight is 626 g/mol. The number of sulfonamides is 1. The number of piperidine rings is 1. The summed E-state index contributed by atoms with van der Waals surface area (Å²) in [4.78, 5) is 20.4. The zero-order valence-electron chi connectivity index (χ0n) is 21.4. The van der Waals surface area contributed by atoms with Crippen LogP contribution in [0.25, 0.3) is 0 Å². The van der Waals surface area contributed by atoms with Gasteiger partial charge in [-0.25, -0.2) is 14.8 Å². The molecule has 0 aliphatic carbocycles. The lowest BCUT2D eigenvalue weighted by atomic mass is 10.0. The molecule has 2 aromatic heterocycles. The number of aliphatic carboxylic acids is 1. The number of halogens is 6. The van der Waals surface area contributed by atoms with Gasteiger partial charge in [0.1, 0.15) is 0 Å². The van der Waals surface area contributed by atoms with E-state index in [1.54, 1.807) is 11.9 Å². The fourth-order valence-corrected chi connectivity index (χ4v) is 5.55. The van der Waals surface area contributed by atoms with E-state index < -0.39 is 38.9 Å². The molecule has 3 aromatic rings. The third-order valence-corrected chi connectivity index (χ3v) is 7.92. The first-order chi connectivity index (χ1) is 19.1. The van der Waals surface area contributed by atoms with E-state index in [1.807, 2.05) is 18.2 Å². The van der Waals surface area contributed by atoms with Gasteiger partial charge in [0.25, 0.3) is 10.0 Å². The molecule has 0 saturated carbocycles. The molecule has 0 spiro atoms. The zero-order chi connectivity index (χ0) is 30.4. The topological polar surface area (TPSA) is 116 Å². The minimum absolute atomic E-state index is 0.0313. The maximum atomic E-state index is 13.9. The van der Waals surface area contributed by atoms with E-state index in [2.05, 4.69) is 31.7 Å². The van der Waals surface area contributed by atoms with Crippen LogP contribution in [0.3, 0.4) is 0 Å². The highest BCUT2D eigenvalue weighted by Crippen LogP contribution is 2.38. The Bertz CT molecular complexity index is 1400. The summed E-state index contributed by atoms with van der Waals surface area (Å²) in [6, 6.07) is 10.5. The van der Waals surface area contributed by atoms with Gasteiger partial charge in [-0.3, -0.25) is 9.62 Å². The van der Waals surface area contributed by atoms with E-state index in [0.717, 1.165) is 37.2 Å². The van der Waals surface area contributed by atoms with Crippen molar-refractivity contribution >= 4 is 38.8 Å². The Balaban J connectivity index is 0.000000587. The van der Waals surface area contributed by atoms with Crippen molar-refractivity contribution in [3.8, 4) is 0 Å². The van der Waals surface area contributed by atoms with Crippen LogP contribution in [0, 0.1) is 0 Å². The summed E-state index contributed by atoms with van der Waals surface area (Å²) >= 11 is 1.16. The van der Waals surface area contributed by atoms with Crippen LogP contribution in [0.1, 0.15) is 24.0 Å². The molecule has 0 bridgehead atoms. The van der Waals surface area contributed by atoms with Gasteiger partial charge in [0.15, 0.2) is 10.8 Å². The molecule has 41 heavy (non-hydrogen) atoms. The van der Waals surface area contributed by atoms with Crippen LogP contribution in [0.15, 0.2) is 58.5 Å². The molecule has 0 unspecified atom stereocenters. The maximum absolute atomic E-state index is 13.9. The number of carbonyl (C=O) groups is 1. The van der Waals surface area contributed by atoms with Crippen molar-refractivity contribution in [1.29, 1.82) is 0 Å². The molecule has 1 saturated heterocycles. The van der Waals surface area contributed by atoms with E-state index in [1.165, 1.54) is 16.5 Å². The van der Waals surface area contributed by atoms with Gasteiger partial charge in [-0.1, -0.05) is 30.3 Å². The van der Waals surface area contributed by atoms with Crippen molar-refractivity contribution < 1.29 is 44.7 Å². The van der Waals surface area contributed by atoms with Gasteiger partial charge in [-0.05, 0) is 24.5 Å². The first-order valence-electron chi connectivity index (χ1n) is 11.9. The Hall–Kier alpha value is -3.44. The molecule has 4 rings (SSSR count). The Morgan fingerprint density at radius 2 is 1.73 bits per heavy atom. The summed E-state index contributed by atoms with van der Waals surface area (Å²) in [5.74, 6) is -2.73. The van der Waals surface area contributed by atoms with Crippen molar-refractivity contribution in [3.05, 3.63) is 64.6 Å². The highest BCUT2D eigenvalue weighted by molar-refractivity contribution is 7.92. The summed E-state index contributed by atoms with van der Waals surface area (Å²) in [7, 11) is -2.71. The number of anilines is 2. The first-order valence-corrected chi connectivity index (χ1v) is 14.3. The zero-order valence-corrected chi connectivity index (χ0v) is 23.0. The molecule has 17 heteroatoms. The number of pyridine rings is 1. The average Bonchev–Trinajstić information content (AvgIpc) is 3.41. The largest absolute Gasteiger partial charge is 0.490 e. The number of rotatable bonds is 7. The fourth-order valence-electron chi connectivity index (χ4n) is 4.04. The SMILES string of the molecule is CN(c1cnc(S(=O)(=O)Nc2cscn2)cc1C(F)(F)F)C1CCN(Cc2ccccc2)CC1.O=C(O)C(F)(F)F. The molecule has 224 valence electrons. The van der Waals surface area contributed by atoms with Crippen LogP contribution in [0.5, 0.6) is 0 Å². The Morgan fingerprint density at radius 1 is 1.12 bits per heavy atom. The third kappa shape index (κ3) is 9.02. The number of nitrogens with zero attached hydrogens (tertiary/aromatic N) is 4. The molecule has 0 amide bonds. The number of carboxylic acid groups (broad SMARTS) is 1. The monoisotopic (exact) mass is 625 g/mol. The van der Waals surface area contributed by atoms with Gasteiger partial charge in [0.05, 0.1) is 23.0 Å². The summed E-state index contributed by atoms with van der Waals surface area (Å²) in [6.45, 7) is 2.30. The second-order valence-corrected chi connectivity index (χ2v) is 11.3. The molecule has 1 aromatic carbocycles. The van der Waals surface area contributed by atoms with Gasteiger partial charge < -0.3 is 10.0 Å². The Labute approximate surface area is 235 Å². The van der Waals surface area contributed by atoms with Crippen molar-refractivity contribution in [3.63, 3.8) is 0 Å². The summed E-state index contributed by atoms with van der Waals surface area (Å²) in [5.41, 5.74) is 1.44. The van der Waals surface area contributed by atoms with Crippen molar-refractivity contribution in [1.82, 2.24) is 14.9 Å². The summed E-state index contributed by atoms with van der Waals surface area (Å²) in [6.07, 6.45) is -7.46. The van der Waals surface area contributed by atoms with Crippen molar-refractivity contribution in [2.45, 2.75) is 42.8 Å². The van der Waals surface area contributed by atoms with Crippen LogP contribution in [-0.4, -0.2) is 66.7 Å². The number of benzene rings is 1. The molecule has 3 heterocycles. The number of alkyl halides is 6. The molecule has 1 aliphatic rings. The quantitative estimate of drug-likeness (QED) is 0.349. The number of hydrogen-bond donors (Lipinski definition) is 2. The normalized spacial score (nSPS) is 15.1. The highest BCUT2D eigenvalue weighted by atomic mass is 32.2. The van der Waals surface area contributed by atoms with Crippen LogP contribution in [0.4, 0.5) is 37.8 Å². The van der Waals surface area contributed by atoms with Crippen molar-refractivity contribution in [2.75, 3.05) is 29.8 Å². The maximum Gasteiger partial charge on any atom is 0.490 e. The Morgan fingerprint density at radius 3 is 2.24 bits per heavy atom. The minimum Gasteiger partial charge on any atom is -0.475 e. The molecule has 1 aliphatic heterocycles. The number of hydrogen-bond acceptors (Lipinski definition) is 8. The van der Waals surface area contributed by atoms with Gasteiger partial charge in [-0.15, -0.1) is 11.3 Å². The molecular formula is C24H25F6N5O4S2. The first kappa shape index (κ1) is 32.1. The number of likely N-dealkylation sites (tertiary alicyclic amines) is 1. The predicted molar refractivity (Wildman–Crippen MR) is 139 cm³/mol.